The Labute approximate surface area is 144 Å². The molecule has 1 aliphatic heterocycles. The molecule has 136 valence electrons. The highest BCUT2D eigenvalue weighted by molar-refractivity contribution is 5.30. The lowest BCUT2D eigenvalue weighted by Gasteiger charge is -2.41. The summed E-state index contributed by atoms with van der Waals surface area (Å²) in [4.78, 5) is 4.51. The highest BCUT2D eigenvalue weighted by atomic mass is 19.4. The number of halogens is 3. The molecule has 1 aromatic heterocycles. The van der Waals surface area contributed by atoms with Crippen molar-refractivity contribution in [2.75, 3.05) is 0 Å². The van der Waals surface area contributed by atoms with Crippen molar-refractivity contribution in [2.24, 2.45) is 7.05 Å². The van der Waals surface area contributed by atoms with Gasteiger partial charge in [-0.25, -0.2) is 4.98 Å². The van der Waals surface area contributed by atoms with E-state index in [9.17, 15) is 18.3 Å². The Morgan fingerprint density at radius 3 is 2.40 bits per heavy atom. The molecule has 25 heavy (non-hydrogen) atoms. The van der Waals surface area contributed by atoms with Gasteiger partial charge in [-0.05, 0) is 38.0 Å². The van der Waals surface area contributed by atoms with E-state index in [2.05, 4.69) is 10.3 Å². The van der Waals surface area contributed by atoms with Gasteiger partial charge in [-0.2, -0.15) is 13.2 Å². The lowest BCUT2D eigenvalue weighted by atomic mass is 9.78. The number of aliphatic hydroxyl groups is 1. The minimum absolute atomic E-state index is 0.00774. The van der Waals surface area contributed by atoms with Gasteiger partial charge in [0, 0.05) is 25.7 Å². The van der Waals surface area contributed by atoms with Crippen LogP contribution in [-0.2, 0) is 18.8 Å². The first-order valence-electron chi connectivity index (χ1n) is 8.24. The van der Waals surface area contributed by atoms with E-state index in [0.717, 1.165) is 23.7 Å². The third-order valence-electron chi connectivity index (χ3n) is 4.91. The molecule has 2 aromatic rings. The minimum atomic E-state index is -4.38. The largest absolute Gasteiger partial charge is 0.416 e. The number of aromatic nitrogens is 2. The lowest BCUT2D eigenvalue weighted by molar-refractivity contribution is -0.137. The number of nitrogens with zero attached hydrogens (tertiary/aromatic N) is 2. The van der Waals surface area contributed by atoms with E-state index >= 15 is 0 Å². The second kappa shape index (κ2) is 6.14. The van der Waals surface area contributed by atoms with Gasteiger partial charge in [0.05, 0.1) is 22.9 Å². The molecule has 3 unspecified atom stereocenters. The normalized spacial score (nSPS) is 27.5. The zero-order valence-electron chi connectivity index (χ0n) is 14.4. The summed E-state index contributed by atoms with van der Waals surface area (Å²) < 4.78 is 40.2. The minimum Gasteiger partial charge on any atom is -0.385 e. The van der Waals surface area contributed by atoms with Gasteiger partial charge in [-0.1, -0.05) is 12.1 Å². The Kier molecular flexibility index (Phi) is 4.41. The molecule has 0 bridgehead atoms. The van der Waals surface area contributed by atoms with E-state index in [1.54, 1.807) is 0 Å². The third-order valence-corrected chi connectivity index (χ3v) is 4.91. The van der Waals surface area contributed by atoms with Crippen molar-refractivity contribution in [3.8, 4) is 0 Å². The summed E-state index contributed by atoms with van der Waals surface area (Å²) in [6.07, 6.45) is -1.67. The quantitative estimate of drug-likeness (QED) is 0.869. The van der Waals surface area contributed by atoms with Crippen LogP contribution in [0.25, 0.3) is 0 Å². The van der Waals surface area contributed by atoms with Gasteiger partial charge < -0.3 is 15.0 Å². The summed E-state index contributed by atoms with van der Waals surface area (Å²) in [7, 11) is 1.90. The van der Waals surface area contributed by atoms with Crippen LogP contribution in [0.5, 0.6) is 0 Å². The number of nitrogens with one attached hydrogen (secondary N) is 1. The van der Waals surface area contributed by atoms with Crippen LogP contribution in [0.15, 0.2) is 30.5 Å². The molecule has 2 heterocycles. The van der Waals surface area contributed by atoms with Crippen LogP contribution in [0.4, 0.5) is 13.2 Å². The fourth-order valence-electron chi connectivity index (χ4n) is 3.54. The summed E-state index contributed by atoms with van der Waals surface area (Å²) in [5.41, 5.74) is -0.563. The first-order chi connectivity index (χ1) is 11.6. The molecule has 1 aromatic carbocycles. The smallest absolute Gasteiger partial charge is 0.385 e. The Morgan fingerprint density at radius 1 is 1.24 bits per heavy atom. The SMILES string of the molecule is Cc1nc(C2CC(O)(c3ccc(C(F)(F)F)cc3)CC(C)N2)cn1C. The first-order valence-corrected chi connectivity index (χ1v) is 8.24. The molecule has 7 heteroatoms. The molecule has 3 atom stereocenters. The number of piperidine rings is 1. The van der Waals surface area contributed by atoms with Gasteiger partial charge in [-0.3, -0.25) is 0 Å². The first kappa shape index (κ1) is 17.9. The van der Waals surface area contributed by atoms with Crippen molar-refractivity contribution < 1.29 is 18.3 Å². The van der Waals surface area contributed by atoms with Gasteiger partial charge in [0.1, 0.15) is 5.82 Å². The molecule has 0 saturated carbocycles. The molecular weight excluding hydrogens is 331 g/mol. The Morgan fingerprint density at radius 2 is 1.88 bits per heavy atom. The number of rotatable bonds is 2. The van der Waals surface area contributed by atoms with Crippen molar-refractivity contribution >= 4 is 0 Å². The Bertz CT molecular complexity index is 734. The Hall–Kier alpha value is -1.86. The van der Waals surface area contributed by atoms with Gasteiger partial charge in [-0.15, -0.1) is 0 Å². The molecule has 1 saturated heterocycles. The monoisotopic (exact) mass is 353 g/mol. The second-order valence-electron chi connectivity index (χ2n) is 6.96. The molecule has 0 aliphatic carbocycles. The molecule has 1 aliphatic rings. The maximum atomic E-state index is 12.8. The number of hydrogen-bond donors (Lipinski definition) is 2. The lowest BCUT2D eigenvalue weighted by Crippen LogP contribution is -2.47. The highest BCUT2D eigenvalue weighted by Gasteiger charge is 2.40. The van der Waals surface area contributed by atoms with E-state index in [-0.39, 0.29) is 12.1 Å². The zero-order valence-corrected chi connectivity index (χ0v) is 14.4. The van der Waals surface area contributed by atoms with E-state index in [4.69, 9.17) is 0 Å². The van der Waals surface area contributed by atoms with Crippen molar-refractivity contribution in [1.29, 1.82) is 0 Å². The van der Waals surface area contributed by atoms with Crippen LogP contribution in [0.3, 0.4) is 0 Å². The van der Waals surface area contributed by atoms with E-state index < -0.39 is 17.3 Å². The summed E-state index contributed by atoms with van der Waals surface area (Å²) >= 11 is 0. The second-order valence-corrected chi connectivity index (χ2v) is 6.96. The number of alkyl halides is 3. The average Bonchev–Trinajstić information content (AvgIpc) is 2.85. The van der Waals surface area contributed by atoms with Gasteiger partial charge in [0.2, 0.25) is 0 Å². The number of imidazole rings is 1. The van der Waals surface area contributed by atoms with E-state index in [0.29, 0.717) is 18.4 Å². The van der Waals surface area contributed by atoms with Gasteiger partial charge >= 0.3 is 6.18 Å². The number of hydrogen-bond acceptors (Lipinski definition) is 3. The van der Waals surface area contributed by atoms with Crippen LogP contribution in [-0.4, -0.2) is 20.7 Å². The predicted octanol–water partition coefficient (Wildman–Crippen LogP) is 3.45. The molecule has 1 fully saturated rings. The van der Waals surface area contributed by atoms with Crippen molar-refractivity contribution in [3.63, 3.8) is 0 Å². The van der Waals surface area contributed by atoms with Crippen LogP contribution in [0.2, 0.25) is 0 Å². The van der Waals surface area contributed by atoms with Crippen molar-refractivity contribution in [3.05, 3.63) is 53.1 Å². The molecule has 2 N–H and O–H groups in total. The molecular formula is C18H22F3N3O. The van der Waals surface area contributed by atoms with Crippen LogP contribution < -0.4 is 5.32 Å². The van der Waals surface area contributed by atoms with Crippen LogP contribution in [0.1, 0.15) is 48.5 Å². The molecule has 3 rings (SSSR count). The van der Waals surface area contributed by atoms with Crippen molar-refractivity contribution in [2.45, 2.75) is 50.6 Å². The number of aryl methyl sites for hydroxylation is 2. The summed E-state index contributed by atoms with van der Waals surface area (Å²) in [5, 5.41) is 14.6. The third kappa shape index (κ3) is 3.57. The summed E-state index contributed by atoms with van der Waals surface area (Å²) in [6.45, 7) is 3.86. The summed E-state index contributed by atoms with van der Waals surface area (Å²) in [5.74, 6) is 0.869. The topological polar surface area (TPSA) is 50.1 Å². The van der Waals surface area contributed by atoms with E-state index in [1.807, 2.05) is 31.7 Å². The fourth-order valence-corrected chi connectivity index (χ4v) is 3.54. The van der Waals surface area contributed by atoms with Gasteiger partial charge in [0.15, 0.2) is 0 Å². The maximum Gasteiger partial charge on any atom is 0.416 e. The maximum absolute atomic E-state index is 12.8. The van der Waals surface area contributed by atoms with Crippen LogP contribution >= 0.6 is 0 Å². The molecule has 0 radical (unpaired) electrons. The molecule has 4 nitrogen and oxygen atoms in total. The average molecular weight is 353 g/mol. The van der Waals surface area contributed by atoms with Crippen molar-refractivity contribution in [1.82, 2.24) is 14.9 Å². The Balaban J connectivity index is 1.89. The zero-order chi connectivity index (χ0) is 18.4. The predicted molar refractivity (Wildman–Crippen MR) is 87.9 cm³/mol. The molecule has 0 spiro atoms. The summed E-state index contributed by atoms with van der Waals surface area (Å²) in [6, 6.07) is 4.66. The number of benzene rings is 1. The highest BCUT2D eigenvalue weighted by Crippen LogP contribution is 2.40. The van der Waals surface area contributed by atoms with Crippen LogP contribution in [0, 0.1) is 6.92 Å². The van der Waals surface area contributed by atoms with E-state index in [1.165, 1.54) is 12.1 Å². The van der Waals surface area contributed by atoms with Gasteiger partial charge in [0.25, 0.3) is 0 Å². The fraction of sp³-hybridized carbons (Fsp3) is 0.500. The molecule has 0 amide bonds. The standard InChI is InChI=1S/C18H22F3N3O/c1-11-8-17(25,13-4-6-14(7-5-13)18(19,20)21)9-15(22-11)16-10-24(3)12(2)23-16/h4-7,10-11,15,22,25H,8-9H2,1-3H3.